The Labute approximate surface area is 138 Å². The Morgan fingerprint density at radius 3 is 2.83 bits per heavy atom. The van der Waals surface area contributed by atoms with Crippen molar-refractivity contribution in [3.8, 4) is 0 Å². The lowest BCUT2D eigenvalue weighted by Gasteiger charge is -2.15. The van der Waals surface area contributed by atoms with Gasteiger partial charge in [0, 0.05) is 16.5 Å². The van der Waals surface area contributed by atoms with Gasteiger partial charge in [0.15, 0.2) is 5.13 Å². The van der Waals surface area contributed by atoms with E-state index in [4.69, 9.17) is 5.73 Å². The molecule has 0 unspecified atom stereocenters. The van der Waals surface area contributed by atoms with Crippen LogP contribution in [-0.2, 0) is 19.0 Å². The van der Waals surface area contributed by atoms with Crippen LogP contribution >= 0.6 is 11.3 Å². The van der Waals surface area contributed by atoms with Crippen LogP contribution in [-0.4, -0.2) is 16.9 Å². The molecule has 1 aliphatic carbocycles. The number of rotatable bonds is 2. The molecule has 1 aliphatic rings. The Morgan fingerprint density at radius 1 is 1.38 bits per heavy atom. The molecule has 0 spiro atoms. The predicted molar refractivity (Wildman–Crippen MR) is 81.5 cm³/mol. The third-order valence-corrected chi connectivity index (χ3v) is 4.77. The molecule has 3 N–H and O–H groups in total. The third-order valence-electron chi connectivity index (χ3n) is 3.73. The fourth-order valence-electron chi connectivity index (χ4n) is 2.51. The van der Waals surface area contributed by atoms with Gasteiger partial charge >= 0.3 is 6.18 Å². The van der Waals surface area contributed by atoms with Gasteiger partial charge in [-0.3, -0.25) is 10.1 Å². The summed E-state index contributed by atoms with van der Waals surface area (Å²) in [6.45, 7) is 0. The molecule has 4 nitrogen and oxygen atoms in total. The topological polar surface area (TPSA) is 68.0 Å². The van der Waals surface area contributed by atoms with Gasteiger partial charge in [-0.1, -0.05) is 0 Å². The highest BCUT2D eigenvalue weighted by atomic mass is 32.1. The first-order valence-corrected chi connectivity index (χ1v) is 7.98. The van der Waals surface area contributed by atoms with E-state index >= 15 is 0 Å². The van der Waals surface area contributed by atoms with E-state index in [1.165, 1.54) is 11.3 Å². The SMILES string of the molecule is N[C@H]1CCc2nc(NC(=O)c3ccc(F)c(C(F)(F)F)c3)sc2C1. The predicted octanol–water partition coefficient (Wildman–Crippen LogP) is 3.37. The van der Waals surface area contributed by atoms with Crippen LogP contribution in [0.2, 0.25) is 0 Å². The van der Waals surface area contributed by atoms with Gasteiger partial charge in [-0.2, -0.15) is 13.2 Å². The van der Waals surface area contributed by atoms with Crippen molar-refractivity contribution in [2.45, 2.75) is 31.5 Å². The van der Waals surface area contributed by atoms with Crippen molar-refractivity contribution in [3.05, 3.63) is 45.7 Å². The number of nitrogens with zero attached hydrogens (tertiary/aromatic N) is 1. The van der Waals surface area contributed by atoms with Crippen LogP contribution in [0.25, 0.3) is 0 Å². The molecular formula is C15H13F4N3OS. The maximum absolute atomic E-state index is 13.3. The lowest BCUT2D eigenvalue weighted by atomic mass is 9.99. The van der Waals surface area contributed by atoms with Gasteiger partial charge in [-0.25, -0.2) is 9.37 Å². The quantitative estimate of drug-likeness (QED) is 0.808. The largest absolute Gasteiger partial charge is 0.419 e. The maximum atomic E-state index is 13.3. The normalized spacial score (nSPS) is 17.5. The van der Waals surface area contributed by atoms with Crippen LogP contribution in [0.15, 0.2) is 18.2 Å². The molecule has 0 aliphatic heterocycles. The lowest BCUT2D eigenvalue weighted by Crippen LogP contribution is -2.27. The van der Waals surface area contributed by atoms with Crippen LogP contribution < -0.4 is 11.1 Å². The van der Waals surface area contributed by atoms with Gasteiger partial charge in [0.05, 0.1) is 11.3 Å². The Bertz CT molecular complexity index is 788. The summed E-state index contributed by atoms with van der Waals surface area (Å²) in [6, 6.07) is 2.18. The molecule has 0 radical (unpaired) electrons. The summed E-state index contributed by atoms with van der Waals surface area (Å²) in [4.78, 5) is 17.4. The monoisotopic (exact) mass is 359 g/mol. The van der Waals surface area contributed by atoms with Crippen LogP contribution in [0.3, 0.4) is 0 Å². The van der Waals surface area contributed by atoms with E-state index in [-0.39, 0.29) is 11.6 Å². The second-order valence-corrected chi connectivity index (χ2v) is 6.62. The van der Waals surface area contributed by atoms with Crippen LogP contribution in [0.1, 0.15) is 32.9 Å². The van der Waals surface area contributed by atoms with Crippen molar-refractivity contribution in [2.24, 2.45) is 5.73 Å². The molecule has 1 heterocycles. The van der Waals surface area contributed by atoms with Crippen LogP contribution in [0.4, 0.5) is 22.7 Å². The number of carbonyl (C=O) groups excluding carboxylic acids is 1. The molecular weight excluding hydrogens is 346 g/mol. The van der Waals surface area contributed by atoms with Crippen molar-refractivity contribution in [1.29, 1.82) is 0 Å². The number of hydrogen-bond donors (Lipinski definition) is 2. The minimum Gasteiger partial charge on any atom is -0.327 e. The van der Waals surface area contributed by atoms with Gasteiger partial charge < -0.3 is 5.73 Å². The van der Waals surface area contributed by atoms with Crippen molar-refractivity contribution < 1.29 is 22.4 Å². The molecule has 0 fully saturated rings. The van der Waals surface area contributed by atoms with E-state index in [0.29, 0.717) is 30.1 Å². The van der Waals surface area contributed by atoms with Crippen LogP contribution in [0, 0.1) is 5.82 Å². The number of hydrogen-bond acceptors (Lipinski definition) is 4. The second kappa shape index (κ2) is 6.14. The number of fused-ring (bicyclic) bond motifs is 1. The van der Waals surface area contributed by atoms with E-state index < -0.39 is 23.5 Å². The average Bonchev–Trinajstić information content (AvgIpc) is 2.87. The molecule has 0 saturated heterocycles. The molecule has 0 saturated carbocycles. The molecule has 1 aromatic carbocycles. The number of thiazole rings is 1. The lowest BCUT2D eigenvalue weighted by molar-refractivity contribution is -0.140. The minimum absolute atomic E-state index is 0.0490. The highest BCUT2D eigenvalue weighted by Gasteiger charge is 2.34. The zero-order valence-corrected chi connectivity index (χ0v) is 13.1. The van der Waals surface area contributed by atoms with E-state index in [0.717, 1.165) is 23.1 Å². The molecule has 1 atom stereocenters. The number of nitrogens with one attached hydrogen (secondary N) is 1. The van der Waals surface area contributed by atoms with Gasteiger partial charge in [0.25, 0.3) is 5.91 Å². The fourth-order valence-corrected chi connectivity index (χ4v) is 3.60. The summed E-state index contributed by atoms with van der Waals surface area (Å²) < 4.78 is 51.4. The highest BCUT2D eigenvalue weighted by Crippen LogP contribution is 2.33. The molecule has 128 valence electrons. The van der Waals surface area contributed by atoms with Gasteiger partial charge in [0.1, 0.15) is 5.82 Å². The highest BCUT2D eigenvalue weighted by molar-refractivity contribution is 7.15. The number of halogens is 4. The third kappa shape index (κ3) is 3.41. The Morgan fingerprint density at radius 2 is 2.12 bits per heavy atom. The fraction of sp³-hybridized carbons (Fsp3) is 0.333. The first-order chi connectivity index (χ1) is 11.2. The van der Waals surface area contributed by atoms with Gasteiger partial charge in [-0.05, 0) is 37.5 Å². The number of anilines is 1. The molecule has 3 rings (SSSR count). The van der Waals surface area contributed by atoms with Gasteiger partial charge in [0.2, 0.25) is 0 Å². The first-order valence-electron chi connectivity index (χ1n) is 7.16. The number of aromatic nitrogens is 1. The number of benzene rings is 1. The Balaban J connectivity index is 1.81. The molecule has 1 amide bonds. The zero-order valence-electron chi connectivity index (χ0n) is 12.3. The second-order valence-electron chi connectivity index (χ2n) is 5.54. The Hall–Kier alpha value is -2.00. The first kappa shape index (κ1) is 16.8. The van der Waals surface area contributed by atoms with Crippen molar-refractivity contribution >= 4 is 22.4 Å². The van der Waals surface area contributed by atoms with E-state index in [1.54, 1.807) is 0 Å². The summed E-state index contributed by atoms with van der Waals surface area (Å²) in [5.74, 6) is -2.19. The summed E-state index contributed by atoms with van der Waals surface area (Å²) in [7, 11) is 0. The average molecular weight is 359 g/mol. The summed E-state index contributed by atoms with van der Waals surface area (Å²) >= 11 is 1.26. The summed E-state index contributed by atoms with van der Waals surface area (Å²) in [5, 5.41) is 2.77. The molecule has 1 aromatic heterocycles. The van der Waals surface area contributed by atoms with Crippen molar-refractivity contribution in [1.82, 2.24) is 4.98 Å². The Kier molecular flexibility index (Phi) is 4.31. The minimum atomic E-state index is -4.86. The summed E-state index contributed by atoms with van der Waals surface area (Å²) in [6.07, 6.45) is -2.69. The van der Waals surface area contributed by atoms with Crippen molar-refractivity contribution in [2.75, 3.05) is 5.32 Å². The van der Waals surface area contributed by atoms with E-state index in [1.807, 2.05) is 0 Å². The number of nitrogens with two attached hydrogens (primary N) is 1. The number of alkyl halides is 3. The number of amides is 1. The zero-order chi connectivity index (χ0) is 17.5. The number of aryl methyl sites for hydroxylation is 1. The van der Waals surface area contributed by atoms with Gasteiger partial charge in [-0.15, -0.1) is 11.3 Å². The van der Waals surface area contributed by atoms with Crippen LogP contribution in [0.5, 0.6) is 0 Å². The summed E-state index contributed by atoms with van der Waals surface area (Å²) in [5.41, 5.74) is 4.97. The van der Waals surface area contributed by atoms with E-state index in [2.05, 4.69) is 10.3 Å². The molecule has 2 aromatic rings. The maximum Gasteiger partial charge on any atom is 0.419 e. The number of carbonyl (C=O) groups is 1. The van der Waals surface area contributed by atoms with E-state index in [9.17, 15) is 22.4 Å². The molecule has 0 bridgehead atoms. The molecule has 24 heavy (non-hydrogen) atoms. The smallest absolute Gasteiger partial charge is 0.327 e. The van der Waals surface area contributed by atoms with Crippen molar-refractivity contribution in [3.63, 3.8) is 0 Å². The standard InChI is InChI=1S/C15H13F4N3OS/c16-10-3-1-7(5-9(10)15(17,18)19)13(23)22-14-21-11-4-2-8(20)6-12(11)24-14/h1,3,5,8H,2,4,6,20H2,(H,21,22,23)/t8-/m0/s1. The molecule has 9 heteroatoms.